The molecule has 1 aliphatic rings. The monoisotopic (exact) mass is 231 g/mol. The molecule has 1 unspecified atom stereocenters. The van der Waals surface area contributed by atoms with Gasteiger partial charge in [-0.05, 0) is 38.4 Å². The van der Waals surface area contributed by atoms with E-state index in [4.69, 9.17) is 0 Å². The first-order valence-corrected chi connectivity index (χ1v) is 6.14. The fourth-order valence-corrected chi connectivity index (χ4v) is 2.66. The summed E-state index contributed by atoms with van der Waals surface area (Å²) >= 11 is 0. The summed E-state index contributed by atoms with van der Waals surface area (Å²) in [4.78, 5) is 4.61. The fourth-order valence-electron chi connectivity index (χ4n) is 2.66. The van der Waals surface area contributed by atoms with Crippen LogP contribution in [0, 0.1) is 6.92 Å². The van der Waals surface area contributed by atoms with Gasteiger partial charge in [0, 0.05) is 24.4 Å². The van der Waals surface area contributed by atoms with Crippen LogP contribution in [0.5, 0.6) is 5.75 Å². The lowest BCUT2D eigenvalue weighted by Gasteiger charge is -2.21. The second-order valence-electron chi connectivity index (χ2n) is 4.71. The Hall–Kier alpha value is -1.55. The molecule has 1 fully saturated rings. The van der Waals surface area contributed by atoms with Crippen LogP contribution in [0.3, 0.4) is 0 Å². The highest BCUT2D eigenvalue weighted by Gasteiger charge is 2.21. The van der Waals surface area contributed by atoms with Gasteiger partial charge < -0.3 is 14.8 Å². The second kappa shape index (κ2) is 4.04. The molecular weight excluding hydrogens is 214 g/mol. The Bertz CT molecular complexity index is 541. The van der Waals surface area contributed by atoms with Gasteiger partial charge >= 0.3 is 0 Å². The van der Waals surface area contributed by atoms with Crippen LogP contribution < -0.4 is 5.32 Å². The van der Waals surface area contributed by atoms with Gasteiger partial charge in [0.15, 0.2) is 11.4 Å². The first kappa shape index (κ1) is 10.6. The topological polar surface area (TPSA) is 49.6 Å². The summed E-state index contributed by atoms with van der Waals surface area (Å²) in [5.74, 6) is 0.730. The van der Waals surface area contributed by atoms with Crippen molar-refractivity contribution in [2.45, 2.75) is 25.7 Å². The number of hydrogen-bond acceptors (Lipinski definition) is 3. The van der Waals surface area contributed by atoms with Crippen molar-refractivity contribution in [1.82, 2.24) is 14.7 Å². The molecule has 1 aliphatic heterocycles. The number of hydrogen-bond donors (Lipinski definition) is 2. The maximum Gasteiger partial charge on any atom is 0.179 e. The van der Waals surface area contributed by atoms with Crippen molar-refractivity contribution in [1.29, 1.82) is 0 Å². The van der Waals surface area contributed by atoms with Gasteiger partial charge in [0.25, 0.3) is 0 Å². The van der Waals surface area contributed by atoms with Crippen molar-refractivity contribution >= 4 is 5.65 Å². The fraction of sp³-hybridized carbons (Fsp3) is 0.462. The minimum atomic E-state index is 0.255. The second-order valence-corrected chi connectivity index (χ2v) is 4.71. The number of nitrogens with zero attached hydrogens (tertiary/aromatic N) is 2. The lowest BCUT2D eigenvalue weighted by Crippen LogP contribution is -2.28. The zero-order valence-corrected chi connectivity index (χ0v) is 9.98. The van der Waals surface area contributed by atoms with E-state index in [0.717, 1.165) is 24.5 Å². The van der Waals surface area contributed by atoms with E-state index in [1.807, 2.05) is 16.7 Å². The lowest BCUT2D eigenvalue weighted by atomic mass is 9.95. The van der Waals surface area contributed by atoms with Crippen LogP contribution in [0.1, 0.15) is 30.1 Å². The molecule has 4 heteroatoms. The zero-order chi connectivity index (χ0) is 11.8. The molecule has 3 heterocycles. The van der Waals surface area contributed by atoms with Gasteiger partial charge in [-0.3, -0.25) is 0 Å². The van der Waals surface area contributed by atoms with Crippen molar-refractivity contribution < 1.29 is 5.11 Å². The molecule has 0 saturated carbocycles. The molecule has 3 rings (SSSR count). The minimum absolute atomic E-state index is 0.255. The molecule has 90 valence electrons. The highest BCUT2D eigenvalue weighted by Crippen LogP contribution is 2.28. The molecule has 1 atom stereocenters. The van der Waals surface area contributed by atoms with E-state index in [1.54, 1.807) is 6.07 Å². The molecule has 0 amide bonds. The number of nitrogens with one attached hydrogen (secondary N) is 1. The molecular formula is C13H17N3O. The van der Waals surface area contributed by atoms with Crippen LogP contribution in [0.15, 0.2) is 18.3 Å². The molecule has 0 bridgehead atoms. The summed E-state index contributed by atoms with van der Waals surface area (Å²) in [6.45, 7) is 4.17. The Kier molecular flexibility index (Phi) is 2.52. The van der Waals surface area contributed by atoms with Gasteiger partial charge in [-0.25, -0.2) is 4.98 Å². The van der Waals surface area contributed by atoms with Crippen molar-refractivity contribution in [3.63, 3.8) is 0 Å². The van der Waals surface area contributed by atoms with Crippen LogP contribution >= 0.6 is 0 Å². The number of imidazole rings is 1. The molecule has 2 aromatic heterocycles. The van der Waals surface area contributed by atoms with E-state index < -0.39 is 0 Å². The SMILES string of the molecule is Cc1c(C2CCCNC2)nc2c(O)cccn12. The molecule has 2 N–H and O–H groups in total. The summed E-state index contributed by atoms with van der Waals surface area (Å²) < 4.78 is 1.97. The third-order valence-corrected chi connectivity index (χ3v) is 3.59. The summed E-state index contributed by atoms with van der Waals surface area (Å²) in [7, 11) is 0. The van der Waals surface area contributed by atoms with Crippen molar-refractivity contribution in [3.05, 3.63) is 29.7 Å². The van der Waals surface area contributed by atoms with Crippen LogP contribution in [0.4, 0.5) is 0 Å². The Labute approximate surface area is 100 Å². The Balaban J connectivity index is 2.10. The maximum absolute atomic E-state index is 9.81. The van der Waals surface area contributed by atoms with E-state index in [2.05, 4.69) is 17.2 Å². The number of fused-ring (bicyclic) bond motifs is 1. The average molecular weight is 231 g/mol. The zero-order valence-electron chi connectivity index (χ0n) is 9.98. The van der Waals surface area contributed by atoms with Gasteiger partial charge in [-0.2, -0.15) is 0 Å². The molecule has 4 nitrogen and oxygen atoms in total. The van der Waals surface area contributed by atoms with Gasteiger partial charge in [0.05, 0.1) is 5.69 Å². The number of aromatic hydroxyl groups is 1. The summed E-state index contributed by atoms with van der Waals surface area (Å²) in [5, 5.41) is 13.2. The normalized spacial score (nSPS) is 20.9. The van der Waals surface area contributed by atoms with E-state index >= 15 is 0 Å². The van der Waals surface area contributed by atoms with E-state index in [9.17, 15) is 5.11 Å². The summed E-state index contributed by atoms with van der Waals surface area (Å²) in [6.07, 6.45) is 4.33. The van der Waals surface area contributed by atoms with E-state index in [1.165, 1.54) is 12.8 Å². The number of pyridine rings is 1. The van der Waals surface area contributed by atoms with Crippen LogP contribution in [-0.4, -0.2) is 27.6 Å². The third-order valence-electron chi connectivity index (χ3n) is 3.59. The number of rotatable bonds is 1. The summed E-state index contributed by atoms with van der Waals surface area (Å²) in [6, 6.07) is 3.53. The highest BCUT2D eigenvalue weighted by atomic mass is 16.3. The van der Waals surface area contributed by atoms with Crippen LogP contribution in [0.25, 0.3) is 5.65 Å². The standard InChI is InChI=1S/C13H17N3O/c1-9-12(10-4-2-6-14-8-10)15-13-11(17)5-3-7-16(9)13/h3,5,7,10,14,17H,2,4,6,8H2,1H3. The Morgan fingerprint density at radius 1 is 1.53 bits per heavy atom. The predicted molar refractivity (Wildman–Crippen MR) is 66.4 cm³/mol. The largest absolute Gasteiger partial charge is 0.504 e. The maximum atomic E-state index is 9.81. The average Bonchev–Trinajstić information content (AvgIpc) is 2.70. The van der Waals surface area contributed by atoms with Crippen molar-refractivity contribution in [3.8, 4) is 5.75 Å². The minimum Gasteiger partial charge on any atom is -0.504 e. The van der Waals surface area contributed by atoms with E-state index in [-0.39, 0.29) is 5.75 Å². The van der Waals surface area contributed by atoms with Crippen LogP contribution in [-0.2, 0) is 0 Å². The van der Waals surface area contributed by atoms with Crippen molar-refractivity contribution in [2.24, 2.45) is 0 Å². The predicted octanol–water partition coefficient (Wildman–Crippen LogP) is 1.82. The van der Waals surface area contributed by atoms with Gasteiger partial charge in [-0.15, -0.1) is 0 Å². The van der Waals surface area contributed by atoms with Crippen LogP contribution in [0.2, 0.25) is 0 Å². The van der Waals surface area contributed by atoms with E-state index in [0.29, 0.717) is 11.6 Å². The highest BCUT2D eigenvalue weighted by molar-refractivity contribution is 5.55. The molecule has 0 aromatic carbocycles. The number of piperidine rings is 1. The van der Waals surface area contributed by atoms with Gasteiger partial charge in [-0.1, -0.05) is 0 Å². The van der Waals surface area contributed by atoms with Crippen molar-refractivity contribution in [2.75, 3.05) is 13.1 Å². The first-order valence-electron chi connectivity index (χ1n) is 6.14. The molecule has 0 aliphatic carbocycles. The number of aryl methyl sites for hydroxylation is 1. The third kappa shape index (κ3) is 1.69. The molecule has 1 saturated heterocycles. The molecule has 2 aromatic rings. The lowest BCUT2D eigenvalue weighted by molar-refractivity contribution is 0.454. The Morgan fingerprint density at radius 3 is 3.12 bits per heavy atom. The molecule has 0 radical (unpaired) electrons. The first-order chi connectivity index (χ1) is 8.27. The van der Waals surface area contributed by atoms with Gasteiger partial charge in [0.2, 0.25) is 0 Å². The molecule has 17 heavy (non-hydrogen) atoms. The van der Waals surface area contributed by atoms with Gasteiger partial charge in [0.1, 0.15) is 0 Å². The smallest absolute Gasteiger partial charge is 0.179 e. The Morgan fingerprint density at radius 2 is 2.41 bits per heavy atom. The quantitative estimate of drug-likeness (QED) is 0.787. The number of aromatic nitrogens is 2. The summed E-state index contributed by atoms with van der Waals surface area (Å²) in [5.41, 5.74) is 2.94. The molecule has 0 spiro atoms.